The van der Waals surface area contributed by atoms with Gasteiger partial charge in [-0.2, -0.15) is 0 Å². The number of unbranched alkanes of at least 4 members (excludes halogenated alkanes) is 22. The van der Waals surface area contributed by atoms with E-state index < -0.39 is 11.9 Å². The maximum Gasteiger partial charge on any atom is 0.307 e. The number of rotatable bonds is 31. The Balaban J connectivity index is 3.32. The molecule has 0 aliphatic rings. The molecular weight excluding hydrogens is 484 g/mol. The van der Waals surface area contributed by atoms with Crippen molar-refractivity contribution in [3.63, 3.8) is 0 Å². The average molecular weight is 551 g/mol. The van der Waals surface area contributed by atoms with Crippen LogP contribution in [0.5, 0.6) is 0 Å². The lowest BCUT2D eigenvalue weighted by molar-refractivity contribution is -0.151. The molecule has 1 unspecified atom stereocenters. The number of ether oxygens (including phenoxy) is 1. The molecule has 0 aromatic rings. The van der Waals surface area contributed by atoms with Gasteiger partial charge in [0.2, 0.25) is 0 Å². The number of allylic oxidation sites excluding steroid dienone is 2. The van der Waals surface area contributed by atoms with E-state index in [1.807, 2.05) is 6.92 Å². The molecule has 0 rings (SSSR count). The number of hydrogen-bond acceptors (Lipinski definition) is 3. The highest BCUT2D eigenvalue weighted by Crippen LogP contribution is 2.18. The fraction of sp³-hybridized carbons (Fsp3) is 0.886. The summed E-state index contributed by atoms with van der Waals surface area (Å²) in [6.07, 6.45) is 38.0. The van der Waals surface area contributed by atoms with Crippen LogP contribution in [0.25, 0.3) is 0 Å². The van der Waals surface area contributed by atoms with E-state index in [1.165, 1.54) is 141 Å². The van der Waals surface area contributed by atoms with Crippen LogP contribution < -0.4 is 0 Å². The van der Waals surface area contributed by atoms with Gasteiger partial charge in [-0.15, -0.1) is 0 Å². The Labute approximate surface area is 243 Å². The third-order valence-electron chi connectivity index (χ3n) is 7.79. The number of esters is 1. The monoisotopic (exact) mass is 550 g/mol. The van der Waals surface area contributed by atoms with Crippen molar-refractivity contribution >= 4 is 11.9 Å². The largest absolute Gasteiger partial charge is 0.481 e. The molecule has 0 aromatic heterocycles. The van der Waals surface area contributed by atoms with Gasteiger partial charge in [0.05, 0.1) is 18.9 Å². The molecule has 230 valence electrons. The molecule has 0 spiro atoms. The Morgan fingerprint density at radius 3 is 1.33 bits per heavy atom. The van der Waals surface area contributed by atoms with Crippen molar-refractivity contribution in [3.05, 3.63) is 12.2 Å². The van der Waals surface area contributed by atoms with Gasteiger partial charge in [0.1, 0.15) is 0 Å². The van der Waals surface area contributed by atoms with E-state index in [2.05, 4.69) is 19.1 Å². The summed E-state index contributed by atoms with van der Waals surface area (Å²) in [5, 5.41) is 9.33. The highest BCUT2D eigenvalue weighted by molar-refractivity contribution is 5.78. The van der Waals surface area contributed by atoms with E-state index in [4.69, 9.17) is 4.74 Å². The topological polar surface area (TPSA) is 63.6 Å². The van der Waals surface area contributed by atoms with Crippen LogP contribution in [0.4, 0.5) is 0 Å². The molecule has 4 heteroatoms. The minimum absolute atomic E-state index is 0.00607. The highest BCUT2D eigenvalue weighted by Gasteiger charge is 2.21. The first-order chi connectivity index (χ1) is 19.1. The molecule has 0 aromatic carbocycles. The Hall–Kier alpha value is -1.32. The van der Waals surface area contributed by atoms with Gasteiger partial charge in [-0.25, -0.2) is 0 Å². The molecule has 0 saturated carbocycles. The fourth-order valence-corrected chi connectivity index (χ4v) is 5.19. The van der Waals surface area contributed by atoms with Crippen molar-refractivity contribution in [2.45, 2.75) is 187 Å². The SMILES string of the molecule is CCCCCCCCCC/C=C/CCCCCCCCCCCCCCCCC(CC(=O)OCCC)C(=O)O. The smallest absolute Gasteiger partial charge is 0.307 e. The standard InChI is InChI=1S/C35H66O4/c1-3-5-6-7-8-9-10-11-12-13-14-15-16-17-18-19-20-21-22-23-24-25-26-27-28-29-30-33(35(37)38)32-34(36)39-31-4-2/h13-14,33H,3-12,15-32H2,1-2H3,(H,37,38)/b14-13+. The Bertz CT molecular complexity index is 557. The molecular formula is C35H66O4. The summed E-state index contributed by atoms with van der Waals surface area (Å²) in [6.45, 7) is 4.60. The van der Waals surface area contributed by atoms with E-state index in [-0.39, 0.29) is 12.4 Å². The van der Waals surface area contributed by atoms with Gasteiger partial charge >= 0.3 is 11.9 Å². The van der Waals surface area contributed by atoms with Crippen LogP contribution in [0.2, 0.25) is 0 Å². The molecule has 1 N–H and O–H groups in total. The molecule has 0 amide bonds. The summed E-state index contributed by atoms with van der Waals surface area (Å²) in [4.78, 5) is 23.0. The third kappa shape index (κ3) is 29.5. The lowest BCUT2D eigenvalue weighted by Gasteiger charge is -2.11. The first kappa shape index (κ1) is 37.7. The predicted octanol–water partition coefficient (Wildman–Crippen LogP) is 11.4. The predicted molar refractivity (Wildman–Crippen MR) is 167 cm³/mol. The Kier molecular flexibility index (Phi) is 30.2. The number of aliphatic carboxylic acids is 1. The summed E-state index contributed by atoms with van der Waals surface area (Å²) in [5.41, 5.74) is 0. The van der Waals surface area contributed by atoms with Gasteiger partial charge in [0.15, 0.2) is 0 Å². The molecule has 0 saturated heterocycles. The molecule has 4 nitrogen and oxygen atoms in total. The van der Waals surface area contributed by atoms with Crippen molar-refractivity contribution in [1.82, 2.24) is 0 Å². The van der Waals surface area contributed by atoms with Gasteiger partial charge in [0, 0.05) is 0 Å². The van der Waals surface area contributed by atoms with Crippen LogP contribution in [0, 0.1) is 5.92 Å². The summed E-state index contributed by atoms with van der Waals surface area (Å²) in [7, 11) is 0. The molecule has 1 atom stereocenters. The molecule has 0 bridgehead atoms. The molecule has 0 fully saturated rings. The first-order valence-electron chi connectivity index (χ1n) is 17.1. The van der Waals surface area contributed by atoms with Crippen LogP contribution in [0.3, 0.4) is 0 Å². The van der Waals surface area contributed by atoms with Gasteiger partial charge in [-0.05, 0) is 38.5 Å². The van der Waals surface area contributed by atoms with Gasteiger partial charge in [0.25, 0.3) is 0 Å². The van der Waals surface area contributed by atoms with Crippen LogP contribution in [0.1, 0.15) is 187 Å². The van der Waals surface area contributed by atoms with E-state index in [0.717, 1.165) is 19.3 Å². The minimum atomic E-state index is -0.875. The summed E-state index contributed by atoms with van der Waals surface area (Å²) in [6, 6.07) is 0. The van der Waals surface area contributed by atoms with Crippen molar-refractivity contribution < 1.29 is 19.4 Å². The van der Waals surface area contributed by atoms with E-state index >= 15 is 0 Å². The Morgan fingerprint density at radius 1 is 0.564 bits per heavy atom. The van der Waals surface area contributed by atoms with Gasteiger partial charge < -0.3 is 9.84 Å². The van der Waals surface area contributed by atoms with Gasteiger partial charge in [-0.3, -0.25) is 9.59 Å². The van der Waals surface area contributed by atoms with E-state index in [0.29, 0.717) is 13.0 Å². The second-order valence-electron chi connectivity index (χ2n) is 11.7. The second-order valence-corrected chi connectivity index (χ2v) is 11.7. The first-order valence-corrected chi connectivity index (χ1v) is 17.1. The average Bonchev–Trinajstić information content (AvgIpc) is 2.93. The number of carboxylic acid groups (broad SMARTS) is 1. The van der Waals surface area contributed by atoms with Gasteiger partial charge in [-0.1, -0.05) is 154 Å². The van der Waals surface area contributed by atoms with Crippen LogP contribution in [-0.2, 0) is 14.3 Å². The summed E-state index contributed by atoms with van der Waals surface area (Å²) >= 11 is 0. The van der Waals surface area contributed by atoms with E-state index in [9.17, 15) is 14.7 Å². The maximum absolute atomic E-state index is 11.7. The zero-order valence-corrected chi connectivity index (χ0v) is 26.2. The van der Waals surface area contributed by atoms with Crippen molar-refractivity contribution in [2.24, 2.45) is 5.92 Å². The zero-order chi connectivity index (χ0) is 28.7. The number of hydrogen-bond donors (Lipinski definition) is 1. The highest BCUT2D eigenvalue weighted by atomic mass is 16.5. The molecule has 39 heavy (non-hydrogen) atoms. The van der Waals surface area contributed by atoms with Crippen LogP contribution in [0.15, 0.2) is 12.2 Å². The zero-order valence-electron chi connectivity index (χ0n) is 26.2. The fourth-order valence-electron chi connectivity index (χ4n) is 5.19. The maximum atomic E-state index is 11.7. The van der Waals surface area contributed by atoms with Crippen molar-refractivity contribution in [2.75, 3.05) is 6.61 Å². The summed E-state index contributed by atoms with van der Waals surface area (Å²) in [5.74, 6) is -1.85. The molecule has 0 radical (unpaired) electrons. The molecule has 0 aliphatic carbocycles. The number of carbonyl (C=O) groups excluding carboxylic acids is 1. The summed E-state index contributed by atoms with van der Waals surface area (Å²) < 4.78 is 5.03. The minimum Gasteiger partial charge on any atom is -0.481 e. The van der Waals surface area contributed by atoms with Crippen LogP contribution >= 0.6 is 0 Å². The normalized spacial score (nSPS) is 12.3. The number of carboxylic acids is 1. The van der Waals surface area contributed by atoms with Crippen molar-refractivity contribution in [1.29, 1.82) is 0 Å². The third-order valence-corrected chi connectivity index (χ3v) is 7.79. The Morgan fingerprint density at radius 2 is 0.949 bits per heavy atom. The second kappa shape index (κ2) is 31.2. The molecule has 0 heterocycles. The quantitative estimate of drug-likeness (QED) is 0.0529. The molecule has 0 aliphatic heterocycles. The lowest BCUT2D eigenvalue weighted by atomic mass is 9.97. The van der Waals surface area contributed by atoms with E-state index in [1.54, 1.807) is 0 Å². The number of carbonyl (C=O) groups is 2. The lowest BCUT2D eigenvalue weighted by Crippen LogP contribution is -2.19. The van der Waals surface area contributed by atoms with Crippen LogP contribution in [-0.4, -0.2) is 23.7 Å². The van der Waals surface area contributed by atoms with Crippen molar-refractivity contribution in [3.8, 4) is 0 Å².